The first-order valence-corrected chi connectivity index (χ1v) is 6.84. The van der Waals surface area contributed by atoms with Crippen molar-refractivity contribution in [2.75, 3.05) is 13.7 Å². The first-order valence-electron chi connectivity index (χ1n) is 6.84. The number of hydrogen-bond donors (Lipinski definition) is 2. The maximum Gasteiger partial charge on any atom is 0.373 e. The molecule has 114 valence electrons. The second-order valence-electron chi connectivity index (χ2n) is 6.01. The molecule has 1 rings (SSSR count). The van der Waals surface area contributed by atoms with Gasteiger partial charge in [-0.1, -0.05) is 20.8 Å². The molecule has 0 aliphatic carbocycles. The number of aliphatic hydroxyl groups excluding tert-OH is 1. The van der Waals surface area contributed by atoms with Crippen molar-refractivity contribution in [2.24, 2.45) is 5.41 Å². The highest BCUT2D eigenvalue weighted by molar-refractivity contribution is 5.86. The van der Waals surface area contributed by atoms with E-state index in [1.165, 1.54) is 7.11 Å². The maximum atomic E-state index is 11.4. The predicted molar refractivity (Wildman–Crippen MR) is 76.5 cm³/mol. The minimum absolute atomic E-state index is 0.0226. The van der Waals surface area contributed by atoms with Gasteiger partial charge in [0, 0.05) is 12.6 Å². The molecule has 2 atom stereocenters. The van der Waals surface area contributed by atoms with E-state index in [-0.39, 0.29) is 29.9 Å². The maximum absolute atomic E-state index is 11.4. The number of ether oxygens (including phenoxy) is 1. The van der Waals surface area contributed by atoms with Gasteiger partial charge < -0.3 is 19.6 Å². The largest absolute Gasteiger partial charge is 0.463 e. The van der Waals surface area contributed by atoms with Gasteiger partial charge in [0.2, 0.25) is 5.76 Å². The average Bonchev–Trinajstić information content (AvgIpc) is 2.85. The monoisotopic (exact) mass is 283 g/mol. The molecule has 0 saturated carbocycles. The number of esters is 1. The number of methoxy groups -OCH3 is 1. The van der Waals surface area contributed by atoms with Crippen LogP contribution in [-0.4, -0.2) is 30.8 Å². The molecule has 0 spiro atoms. The van der Waals surface area contributed by atoms with E-state index in [1.54, 1.807) is 12.1 Å². The summed E-state index contributed by atoms with van der Waals surface area (Å²) in [4.78, 5) is 11.4. The minimum atomic E-state index is -0.480. The van der Waals surface area contributed by atoms with E-state index in [9.17, 15) is 4.79 Å². The van der Waals surface area contributed by atoms with Crippen molar-refractivity contribution in [3.05, 3.63) is 23.7 Å². The second-order valence-corrected chi connectivity index (χ2v) is 6.01. The molecule has 0 aromatic carbocycles. The number of furan rings is 1. The molecule has 1 aromatic rings. The fourth-order valence-electron chi connectivity index (χ4n) is 2.08. The Labute approximate surface area is 120 Å². The van der Waals surface area contributed by atoms with Crippen LogP contribution >= 0.6 is 0 Å². The highest BCUT2D eigenvalue weighted by atomic mass is 16.5. The van der Waals surface area contributed by atoms with Gasteiger partial charge in [-0.05, 0) is 30.9 Å². The normalized spacial score (nSPS) is 14.9. The lowest BCUT2D eigenvalue weighted by molar-refractivity contribution is 0.0561. The lowest BCUT2D eigenvalue weighted by atomic mass is 9.84. The Morgan fingerprint density at radius 2 is 2.10 bits per heavy atom. The van der Waals surface area contributed by atoms with Crippen LogP contribution in [0.4, 0.5) is 0 Å². The SMILES string of the molecule is COC(=O)c1ccc(C(C)NC(CCO)C(C)(C)C)o1. The molecule has 0 aliphatic rings. The molecule has 0 aliphatic heterocycles. The summed E-state index contributed by atoms with van der Waals surface area (Å²) in [5.74, 6) is 0.398. The third-order valence-electron chi connectivity index (χ3n) is 3.35. The van der Waals surface area contributed by atoms with Gasteiger partial charge in [0.15, 0.2) is 0 Å². The lowest BCUT2D eigenvalue weighted by Gasteiger charge is -2.33. The summed E-state index contributed by atoms with van der Waals surface area (Å²) in [5, 5.41) is 12.6. The Morgan fingerprint density at radius 3 is 2.60 bits per heavy atom. The van der Waals surface area contributed by atoms with Gasteiger partial charge in [-0.3, -0.25) is 0 Å². The standard InChI is InChI=1S/C15H25NO4/c1-10(16-13(8-9-17)15(2,3)4)11-6-7-12(20-11)14(18)19-5/h6-7,10,13,16-17H,8-9H2,1-5H3. The van der Waals surface area contributed by atoms with Gasteiger partial charge >= 0.3 is 5.97 Å². The van der Waals surface area contributed by atoms with Gasteiger partial charge in [-0.15, -0.1) is 0 Å². The van der Waals surface area contributed by atoms with E-state index in [2.05, 4.69) is 30.8 Å². The number of rotatable bonds is 6. The molecule has 2 unspecified atom stereocenters. The predicted octanol–water partition coefficient (Wildman–Crippen LogP) is 2.51. The Bertz CT molecular complexity index is 433. The van der Waals surface area contributed by atoms with Crippen LogP contribution in [-0.2, 0) is 4.74 Å². The van der Waals surface area contributed by atoms with E-state index >= 15 is 0 Å². The number of carbonyl (C=O) groups is 1. The van der Waals surface area contributed by atoms with Crippen molar-refractivity contribution < 1.29 is 19.1 Å². The van der Waals surface area contributed by atoms with Crippen LogP contribution in [0.1, 0.15) is 56.5 Å². The van der Waals surface area contributed by atoms with Crippen LogP contribution in [0.15, 0.2) is 16.5 Å². The summed E-state index contributed by atoms with van der Waals surface area (Å²) in [6.45, 7) is 8.46. The second kappa shape index (κ2) is 6.90. The van der Waals surface area contributed by atoms with Crippen LogP contribution in [0, 0.1) is 5.41 Å². The van der Waals surface area contributed by atoms with Crippen molar-refractivity contribution in [3.8, 4) is 0 Å². The Kier molecular flexibility index (Phi) is 5.77. The quantitative estimate of drug-likeness (QED) is 0.785. The molecule has 1 heterocycles. The molecule has 2 N–H and O–H groups in total. The first kappa shape index (κ1) is 16.7. The van der Waals surface area contributed by atoms with Crippen LogP contribution in [0.3, 0.4) is 0 Å². The third kappa shape index (κ3) is 4.35. The van der Waals surface area contributed by atoms with Crippen molar-refractivity contribution >= 4 is 5.97 Å². The van der Waals surface area contributed by atoms with Crippen LogP contribution in [0.25, 0.3) is 0 Å². The van der Waals surface area contributed by atoms with E-state index in [4.69, 9.17) is 9.52 Å². The number of hydrogen-bond acceptors (Lipinski definition) is 5. The summed E-state index contributed by atoms with van der Waals surface area (Å²) >= 11 is 0. The fraction of sp³-hybridized carbons (Fsp3) is 0.667. The van der Waals surface area contributed by atoms with Crippen molar-refractivity contribution in [1.29, 1.82) is 0 Å². The molecule has 0 amide bonds. The van der Waals surface area contributed by atoms with Crippen molar-refractivity contribution in [2.45, 2.75) is 46.2 Å². The number of aliphatic hydroxyl groups is 1. The molecule has 0 fully saturated rings. The summed E-state index contributed by atoms with van der Waals surface area (Å²) in [7, 11) is 1.32. The molecule has 5 heteroatoms. The first-order chi connectivity index (χ1) is 9.29. The summed E-state index contributed by atoms with van der Waals surface area (Å²) in [6, 6.07) is 3.47. The molecule has 5 nitrogen and oxygen atoms in total. The van der Waals surface area contributed by atoms with E-state index in [0.717, 1.165) is 0 Å². The number of nitrogens with one attached hydrogen (secondary N) is 1. The Balaban J connectivity index is 2.76. The summed E-state index contributed by atoms with van der Waals surface area (Å²) in [5.41, 5.74) is 0.0226. The highest BCUT2D eigenvalue weighted by Crippen LogP contribution is 2.25. The van der Waals surface area contributed by atoms with Crippen LogP contribution in [0.2, 0.25) is 0 Å². The van der Waals surface area contributed by atoms with Crippen molar-refractivity contribution in [3.63, 3.8) is 0 Å². The molecular formula is C15H25NO4. The zero-order valence-electron chi connectivity index (χ0n) is 12.9. The van der Waals surface area contributed by atoms with E-state index < -0.39 is 5.97 Å². The molecule has 20 heavy (non-hydrogen) atoms. The van der Waals surface area contributed by atoms with Gasteiger partial charge in [-0.25, -0.2) is 4.79 Å². The lowest BCUT2D eigenvalue weighted by Crippen LogP contribution is -2.42. The smallest absolute Gasteiger partial charge is 0.373 e. The molecule has 0 saturated heterocycles. The van der Waals surface area contributed by atoms with Crippen LogP contribution in [0.5, 0.6) is 0 Å². The van der Waals surface area contributed by atoms with E-state index in [0.29, 0.717) is 12.2 Å². The summed E-state index contributed by atoms with van der Waals surface area (Å²) < 4.78 is 10.1. The average molecular weight is 283 g/mol. The zero-order chi connectivity index (χ0) is 15.3. The topological polar surface area (TPSA) is 71.7 Å². The highest BCUT2D eigenvalue weighted by Gasteiger charge is 2.26. The third-order valence-corrected chi connectivity index (χ3v) is 3.35. The summed E-state index contributed by atoms with van der Waals surface area (Å²) in [6.07, 6.45) is 0.665. The van der Waals surface area contributed by atoms with Gasteiger partial charge in [-0.2, -0.15) is 0 Å². The fourth-order valence-corrected chi connectivity index (χ4v) is 2.08. The molecular weight excluding hydrogens is 258 g/mol. The zero-order valence-corrected chi connectivity index (χ0v) is 12.9. The molecule has 1 aromatic heterocycles. The van der Waals surface area contributed by atoms with Gasteiger partial charge in [0.25, 0.3) is 0 Å². The molecule has 0 radical (unpaired) electrons. The van der Waals surface area contributed by atoms with E-state index in [1.807, 2.05) is 6.92 Å². The van der Waals surface area contributed by atoms with Gasteiger partial charge in [0.1, 0.15) is 5.76 Å². The van der Waals surface area contributed by atoms with Crippen molar-refractivity contribution in [1.82, 2.24) is 5.32 Å². The van der Waals surface area contributed by atoms with Gasteiger partial charge in [0.05, 0.1) is 13.2 Å². The Hall–Kier alpha value is -1.33. The van der Waals surface area contributed by atoms with Crippen LogP contribution < -0.4 is 5.32 Å². The Morgan fingerprint density at radius 1 is 1.45 bits per heavy atom. The molecule has 0 bridgehead atoms. The minimum Gasteiger partial charge on any atom is -0.463 e. The number of carbonyl (C=O) groups excluding carboxylic acids is 1.